The van der Waals surface area contributed by atoms with Crippen molar-refractivity contribution >= 4 is 39.0 Å². The van der Waals surface area contributed by atoms with Crippen molar-refractivity contribution in [3.8, 4) is 22.9 Å². The van der Waals surface area contributed by atoms with E-state index in [0.717, 1.165) is 10.0 Å². The number of halogens is 1. The number of carbonyl (C=O) groups is 1. The highest BCUT2D eigenvalue weighted by atomic mass is 79.9. The van der Waals surface area contributed by atoms with E-state index in [2.05, 4.69) is 21.0 Å². The number of para-hydroxylation sites is 1. The van der Waals surface area contributed by atoms with Gasteiger partial charge in [-0.25, -0.2) is 9.78 Å². The van der Waals surface area contributed by atoms with Gasteiger partial charge in [0.05, 0.1) is 29.8 Å². The molecule has 0 atom stereocenters. The first-order valence-electron chi connectivity index (χ1n) is 11.7. The quantitative estimate of drug-likeness (QED) is 0.138. The minimum Gasteiger partial charge on any atom is -0.497 e. The van der Waals surface area contributed by atoms with E-state index in [1.807, 2.05) is 37.3 Å². The predicted octanol–water partition coefficient (Wildman–Crippen LogP) is 6.24. The average molecular weight is 568 g/mol. The van der Waals surface area contributed by atoms with Crippen LogP contribution in [-0.2, 0) is 0 Å². The van der Waals surface area contributed by atoms with Gasteiger partial charge >= 0.3 is 5.97 Å². The molecular formula is C30H22BrN3O4. The van der Waals surface area contributed by atoms with Crippen LogP contribution in [0.1, 0.15) is 21.5 Å². The van der Waals surface area contributed by atoms with Gasteiger partial charge in [-0.1, -0.05) is 45.8 Å². The summed E-state index contributed by atoms with van der Waals surface area (Å²) in [6.45, 7) is 1.95. The fourth-order valence-electron chi connectivity index (χ4n) is 3.84. The van der Waals surface area contributed by atoms with E-state index in [1.165, 1.54) is 10.9 Å². The maximum atomic E-state index is 13.5. The molecule has 7 nitrogen and oxygen atoms in total. The van der Waals surface area contributed by atoms with Crippen molar-refractivity contribution in [2.75, 3.05) is 7.11 Å². The van der Waals surface area contributed by atoms with Gasteiger partial charge in [0.2, 0.25) is 0 Å². The standard InChI is InChI=1S/C30H22BrN3O4/c1-19-7-9-21(10-8-19)30(36)38-27-16-13-23(31)17-22(27)18-32-34-28(20-11-14-24(37-2)15-12-20)33-26-6-4-3-5-25(26)29(34)35/h3-18H,1-2H3. The highest BCUT2D eigenvalue weighted by Crippen LogP contribution is 2.25. The molecule has 188 valence electrons. The topological polar surface area (TPSA) is 82.8 Å². The molecular weight excluding hydrogens is 546 g/mol. The molecule has 4 aromatic carbocycles. The van der Waals surface area contributed by atoms with Crippen LogP contribution in [0.4, 0.5) is 0 Å². The minimum absolute atomic E-state index is 0.301. The number of hydrogen-bond donors (Lipinski definition) is 0. The van der Waals surface area contributed by atoms with Gasteiger partial charge in [-0.15, -0.1) is 0 Å². The van der Waals surface area contributed by atoms with Crippen LogP contribution < -0.4 is 15.0 Å². The lowest BCUT2D eigenvalue weighted by molar-refractivity contribution is 0.0734. The molecule has 0 bridgehead atoms. The second-order valence-electron chi connectivity index (χ2n) is 8.48. The van der Waals surface area contributed by atoms with E-state index in [-0.39, 0.29) is 5.56 Å². The number of aromatic nitrogens is 2. The summed E-state index contributed by atoms with van der Waals surface area (Å²) in [6, 6.07) is 26.6. The third-order valence-electron chi connectivity index (χ3n) is 5.88. The summed E-state index contributed by atoms with van der Waals surface area (Å²) in [4.78, 5) is 31.0. The summed E-state index contributed by atoms with van der Waals surface area (Å²) in [7, 11) is 1.59. The molecule has 0 radical (unpaired) electrons. The van der Waals surface area contributed by atoms with E-state index < -0.39 is 5.97 Å². The van der Waals surface area contributed by atoms with E-state index in [1.54, 1.807) is 67.8 Å². The Kier molecular flexibility index (Phi) is 7.15. The van der Waals surface area contributed by atoms with Crippen molar-refractivity contribution in [2.45, 2.75) is 6.92 Å². The highest BCUT2D eigenvalue weighted by molar-refractivity contribution is 9.10. The largest absolute Gasteiger partial charge is 0.497 e. The fourth-order valence-corrected chi connectivity index (χ4v) is 4.22. The Morgan fingerprint density at radius 3 is 2.45 bits per heavy atom. The van der Waals surface area contributed by atoms with Gasteiger partial charge in [0.15, 0.2) is 5.82 Å². The number of hydrogen-bond acceptors (Lipinski definition) is 6. The monoisotopic (exact) mass is 567 g/mol. The van der Waals surface area contributed by atoms with E-state index >= 15 is 0 Å². The van der Waals surface area contributed by atoms with Crippen molar-refractivity contribution in [1.82, 2.24) is 9.66 Å². The Morgan fingerprint density at radius 1 is 0.974 bits per heavy atom. The summed E-state index contributed by atoms with van der Waals surface area (Å²) < 4.78 is 13.0. The van der Waals surface area contributed by atoms with Crippen molar-refractivity contribution in [1.29, 1.82) is 0 Å². The molecule has 0 saturated heterocycles. The molecule has 0 fully saturated rings. The van der Waals surface area contributed by atoms with Crippen LogP contribution in [0.5, 0.6) is 11.5 Å². The van der Waals surface area contributed by atoms with Crippen LogP contribution in [0.2, 0.25) is 0 Å². The molecule has 1 aromatic heterocycles. The molecule has 1 heterocycles. The summed E-state index contributed by atoms with van der Waals surface area (Å²) in [6.07, 6.45) is 1.48. The molecule has 5 rings (SSSR count). The third-order valence-corrected chi connectivity index (χ3v) is 6.37. The average Bonchev–Trinajstić information content (AvgIpc) is 2.94. The Morgan fingerprint density at radius 2 is 1.71 bits per heavy atom. The minimum atomic E-state index is -0.495. The Bertz CT molecular complexity index is 1730. The molecule has 0 unspecified atom stereocenters. The summed E-state index contributed by atoms with van der Waals surface area (Å²) in [5, 5.41) is 4.94. The van der Waals surface area contributed by atoms with Crippen molar-refractivity contribution in [2.24, 2.45) is 5.10 Å². The van der Waals surface area contributed by atoms with E-state index in [0.29, 0.717) is 44.9 Å². The SMILES string of the molecule is COc1ccc(-c2nc3ccccc3c(=O)n2N=Cc2cc(Br)ccc2OC(=O)c2ccc(C)cc2)cc1. The first kappa shape index (κ1) is 25.1. The van der Waals surface area contributed by atoms with Crippen LogP contribution >= 0.6 is 15.9 Å². The summed E-state index contributed by atoms with van der Waals surface area (Å²) in [5.74, 6) is 0.850. The number of carbonyl (C=O) groups excluding carboxylic acids is 1. The molecule has 0 aliphatic heterocycles. The number of benzene rings is 4. The molecule has 38 heavy (non-hydrogen) atoms. The van der Waals surface area contributed by atoms with Gasteiger partial charge in [-0.2, -0.15) is 9.78 Å². The van der Waals surface area contributed by atoms with Gasteiger partial charge in [0, 0.05) is 15.6 Å². The number of rotatable bonds is 6. The zero-order chi connectivity index (χ0) is 26.6. The maximum absolute atomic E-state index is 13.5. The van der Waals surface area contributed by atoms with Crippen molar-refractivity contribution in [3.63, 3.8) is 0 Å². The lowest BCUT2D eigenvalue weighted by Crippen LogP contribution is -2.20. The predicted molar refractivity (Wildman–Crippen MR) is 151 cm³/mol. The molecule has 0 amide bonds. The van der Waals surface area contributed by atoms with Crippen LogP contribution in [0, 0.1) is 6.92 Å². The third kappa shape index (κ3) is 5.26. The number of methoxy groups -OCH3 is 1. The molecule has 8 heteroatoms. The lowest BCUT2D eigenvalue weighted by Gasteiger charge is -2.11. The summed E-state index contributed by atoms with van der Waals surface area (Å²) in [5.41, 5.74) is 2.89. The van der Waals surface area contributed by atoms with Gasteiger partial charge in [0.1, 0.15) is 11.5 Å². The maximum Gasteiger partial charge on any atom is 0.343 e. The Balaban J connectivity index is 1.58. The van der Waals surface area contributed by atoms with Crippen LogP contribution in [0.25, 0.3) is 22.3 Å². The molecule has 0 aliphatic rings. The van der Waals surface area contributed by atoms with Gasteiger partial charge in [-0.05, 0) is 73.7 Å². The Labute approximate surface area is 227 Å². The number of ether oxygens (including phenoxy) is 2. The smallest absolute Gasteiger partial charge is 0.343 e. The second-order valence-corrected chi connectivity index (χ2v) is 9.40. The van der Waals surface area contributed by atoms with E-state index in [4.69, 9.17) is 14.5 Å². The van der Waals surface area contributed by atoms with Gasteiger partial charge in [-0.3, -0.25) is 4.79 Å². The molecule has 0 N–H and O–H groups in total. The number of aryl methyl sites for hydroxylation is 1. The highest BCUT2D eigenvalue weighted by Gasteiger charge is 2.14. The molecule has 0 saturated carbocycles. The number of esters is 1. The summed E-state index contributed by atoms with van der Waals surface area (Å²) >= 11 is 3.46. The molecule has 0 aliphatic carbocycles. The second kappa shape index (κ2) is 10.8. The van der Waals surface area contributed by atoms with Crippen LogP contribution in [0.3, 0.4) is 0 Å². The van der Waals surface area contributed by atoms with Crippen molar-refractivity contribution in [3.05, 3.63) is 123 Å². The zero-order valence-corrected chi connectivity index (χ0v) is 22.2. The Hall–Kier alpha value is -4.56. The number of fused-ring (bicyclic) bond motifs is 1. The normalized spacial score (nSPS) is 11.1. The number of nitrogens with zero attached hydrogens (tertiary/aromatic N) is 3. The first-order chi connectivity index (χ1) is 18.4. The van der Waals surface area contributed by atoms with E-state index in [9.17, 15) is 9.59 Å². The van der Waals surface area contributed by atoms with Crippen LogP contribution in [0.15, 0.2) is 105 Å². The van der Waals surface area contributed by atoms with Gasteiger partial charge < -0.3 is 9.47 Å². The van der Waals surface area contributed by atoms with Crippen LogP contribution in [-0.4, -0.2) is 29.0 Å². The zero-order valence-electron chi connectivity index (χ0n) is 20.6. The first-order valence-corrected chi connectivity index (χ1v) is 12.5. The van der Waals surface area contributed by atoms with Gasteiger partial charge in [0.25, 0.3) is 5.56 Å². The molecule has 5 aromatic rings. The lowest BCUT2D eigenvalue weighted by atomic mass is 10.1. The fraction of sp³-hybridized carbons (Fsp3) is 0.0667. The molecule has 0 spiro atoms. The van der Waals surface area contributed by atoms with Crippen molar-refractivity contribution < 1.29 is 14.3 Å².